The Hall–Kier alpha value is -3.86. The number of hydrogen-bond donors (Lipinski definition) is 1. The van der Waals surface area contributed by atoms with Crippen LogP contribution in [-0.2, 0) is 15.9 Å². The summed E-state index contributed by atoms with van der Waals surface area (Å²) in [5.74, 6) is 0.998. The molecule has 2 aromatic rings. The van der Waals surface area contributed by atoms with Gasteiger partial charge in [0.15, 0.2) is 29.1 Å². The first kappa shape index (κ1) is 25.2. The Morgan fingerprint density at radius 2 is 1.92 bits per heavy atom. The van der Waals surface area contributed by atoms with E-state index in [0.29, 0.717) is 40.4 Å². The molecule has 0 radical (unpaired) electrons. The maximum atomic E-state index is 12.8. The molecule has 11 heteroatoms. The molecule has 4 rings (SSSR count). The third kappa shape index (κ3) is 4.30. The maximum absolute atomic E-state index is 12.8. The number of amides is 1. The predicted molar refractivity (Wildman–Crippen MR) is 125 cm³/mol. The van der Waals surface area contributed by atoms with Crippen molar-refractivity contribution in [3.63, 3.8) is 0 Å². The summed E-state index contributed by atoms with van der Waals surface area (Å²) in [5, 5.41) is 11.6. The molecule has 0 spiro atoms. The van der Waals surface area contributed by atoms with Crippen molar-refractivity contribution in [3.8, 4) is 28.7 Å². The maximum Gasteiger partial charge on any atom is 0.409 e. The minimum atomic E-state index is -1.33. The minimum absolute atomic E-state index is 0.00828. The third-order valence-corrected chi connectivity index (χ3v) is 6.15. The van der Waals surface area contributed by atoms with E-state index in [1.165, 1.54) is 26.2 Å². The van der Waals surface area contributed by atoms with Crippen molar-refractivity contribution in [1.82, 2.24) is 4.90 Å². The number of aliphatic hydroxyl groups is 1. The average Bonchev–Trinajstić information content (AvgIpc) is 3.49. The zero-order valence-corrected chi connectivity index (χ0v) is 20.8. The molecule has 1 amide bonds. The molecule has 2 aliphatic heterocycles. The van der Waals surface area contributed by atoms with Gasteiger partial charge >= 0.3 is 12.1 Å². The van der Waals surface area contributed by atoms with Crippen LogP contribution in [0.2, 0.25) is 0 Å². The van der Waals surface area contributed by atoms with Crippen LogP contribution in [0.15, 0.2) is 18.2 Å². The Kier molecular flexibility index (Phi) is 7.30. The summed E-state index contributed by atoms with van der Waals surface area (Å²) in [6.07, 6.45) is -2.52. The summed E-state index contributed by atoms with van der Waals surface area (Å²) in [6, 6.07) is 5.03. The van der Waals surface area contributed by atoms with Crippen LogP contribution in [-0.4, -0.2) is 70.4 Å². The van der Waals surface area contributed by atoms with Gasteiger partial charge in [-0.2, -0.15) is 0 Å². The Bertz CT molecular complexity index is 1160. The van der Waals surface area contributed by atoms with E-state index in [4.69, 9.17) is 33.2 Å². The number of carbonyl (C=O) groups is 2. The number of esters is 1. The van der Waals surface area contributed by atoms with Crippen LogP contribution in [0.5, 0.6) is 28.7 Å². The molecule has 1 N–H and O–H groups in total. The van der Waals surface area contributed by atoms with Gasteiger partial charge < -0.3 is 43.2 Å². The van der Waals surface area contributed by atoms with Crippen LogP contribution in [0.25, 0.3) is 0 Å². The van der Waals surface area contributed by atoms with Gasteiger partial charge in [0.05, 0.1) is 27.9 Å². The lowest BCUT2D eigenvalue weighted by Crippen LogP contribution is -2.29. The number of aliphatic hydroxyl groups excluding tert-OH is 1. The molecule has 36 heavy (non-hydrogen) atoms. The number of carbonyl (C=O) groups excluding carboxylic acids is 2. The second kappa shape index (κ2) is 10.4. The second-order valence-electron chi connectivity index (χ2n) is 8.12. The topological polar surface area (TPSA) is 122 Å². The van der Waals surface area contributed by atoms with Crippen LogP contribution < -0.4 is 23.7 Å². The molecule has 11 nitrogen and oxygen atoms in total. The van der Waals surface area contributed by atoms with Crippen molar-refractivity contribution in [2.75, 3.05) is 48.3 Å². The lowest BCUT2D eigenvalue weighted by atomic mass is 9.90. The van der Waals surface area contributed by atoms with Crippen LogP contribution >= 0.6 is 0 Å². The summed E-state index contributed by atoms with van der Waals surface area (Å²) < 4.78 is 38.2. The highest BCUT2D eigenvalue weighted by atomic mass is 16.7. The molecule has 0 saturated heterocycles. The molecular formula is C25H29NO10. The highest BCUT2D eigenvalue weighted by Crippen LogP contribution is 2.52. The van der Waals surface area contributed by atoms with Gasteiger partial charge in [0, 0.05) is 24.7 Å². The number of benzene rings is 2. The largest absolute Gasteiger partial charge is 0.493 e. The van der Waals surface area contributed by atoms with Crippen LogP contribution in [0.3, 0.4) is 0 Å². The number of ether oxygens (including phenoxy) is 7. The fourth-order valence-electron chi connectivity index (χ4n) is 4.44. The average molecular weight is 504 g/mol. The van der Waals surface area contributed by atoms with Crippen molar-refractivity contribution in [3.05, 3.63) is 40.5 Å². The number of cyclic esters (lactones) is 1. The number of methoxy groups -OCH3 is 3. The molecule has 2 aliphatic rings. The summed E-state index contributed by atoms with van der Waals surface area (Å²) in [4.78, 5) is 26.4. The predicted octanol–water partition coefficient (Wildman–Crippen LogP) is 3.02. The van der Waals surface area contributed by atoms with Gasteiger partial charge in [0.1, 0.15) is 11.7 Å². The van der Waals surface area contributed by atoms with Crippen LogP contribution in [0.1, 0.15) is 46.2 Å². The third-order valence-electron chi connectivity index (χ3n) is 6.15. The van der Waals surface area contributed by atoms with E-state index >= 15 is 0 Å². The van der Waals surface area contributed by atoms with Crippen molar-refractivity contribution in [1.29, 1.82) is 0 Å². The molecular weight excluding hydrogens is 474 g/mol. The summed E-state index contributed by atoms with van der Waals surface area (Å²) in [5.41, 5.74) is 1.62. The molecule has 0 aromatic heterocycles. The summed E-state index contributed by atoms with van der Waals surface area (Å²) >= 11 is 0. The van der Waals surface area contributed by atoms with Gasteiger partial charge in [-0.25, -0.2) is 9.59 Å². The molecule has 1 unspecified atom stereocenters. The standard InChI is InChI=1S/C25H29NO10/c1-6-33-25(29)26(2)10-9-13-11-16-22(35-12-34-16)23(32-5)17(13)19(27)20-14-7-8-15(30-3)21(31-4)18(14)24(28)36-20/h7-8,11,19-20,27H,6,9-10,12H2,1-5H3/t19?,20-/m1/s1. The van der Waals surface area contributed by atoms with E-state index in [1.54, 1.807) is 32.2 Å². The van der Waals surface area contributed by atoms with Gasteiger partial charge in [-0.15, -0.1) is 0 Å². The highest BCUT2D eigenvalue weighted by Gasteiger charge is 2.42. The van der Waals surface area contributed by atoms with Crippen molar-refractivity contribution < 1.29 is 47.9 Å². The molecule has 2 aromatic carbocycles. The van der Waals surface area contributed by atoms with Crippen LogP contribution in [0, 0.1) is 0 Å². The lowest BCUT2D eigenvalue weighted by molar-refractivity contribution is -0.0114. The number of fused-ring (bicyclic) bond motifs is 2. The molecule has 2 atom stereocenters. The van der Waals surface area contributed by atoms with E-state index in [9.17, 15) is 14.7 Å². The Morgan fingerprint density at radius 1 is 1.17 bits per heavy atom. The Morgan fingerprint density at radius 3 is 2.58 bits per heavy atom. The van der Waals surface area contributed by atoms with E-state index in [0.717, 1.165) is 0 Å². The number of nitrogens with zero attached hydrogens (tertiary/aromatic N) is 1. The van der Waals surface area contributed by atoms with E-state index < -0.39 is 24.3 Å². The first-order valence-corrected chi connectivity index (χ1v) is 11.4. The van der Waals surface area contributed by atoms with Crippen molar-refractivity contribution >= 4 is 12.1 Å². The quantitative estimate of drug-likeness (QED) is 0.511. The van der Waals surface area contributed by atoms with Gasteiger partial charge in [0.2, 0.25) is 12.5 Å². The normalized spacial score (nSPS) is 16.2. The van der Waals surface area contributed by atoms with Gasteiger partial charge in [-0.3, -0.25) is 0 Å². The monoisotopic (exact) mass is 503 g/mol. The zero-order valence-electron chi connectivity index (χ0n) is 20.8. The molecule has 0 bridgehead atoms. The molecule has 194 valence electrons. The first-order chi connectivity index (χ1) is 17.4. The number of likely N-dealkylation sites (N-methyl/N-ethyl adjacent to an activating group) is 1. The van der Waals surface area contributed by atoms with E-state index in [2.05, 4.69) is 0 Å². The fraction of sp³-hybridized carbons (Fsp3) is 0.440. The van der Waals surface area contributed by atoms with E-state index in [-0.39, 0.29) is 37.0 Å². The molecule has 0 fully saturated rings. The molecule has 0 saturated carbocycles. The first-order valence-electron chi connectivity index (χ1n) is 11.4. The number of rotatable bonds is 9. The zero-order chi connectivity index (χ0) is 26.0. The Balaban J connectivity index is 1.76. The van der Waals surface area contributed by atoms with Gasteiger partial charge in [-0.1, -0.05) is 6.07 Å². The minimum Gasteiger partial charge on any atom is -0.493 e. The second-order valence-corrected chi connectivity index (χ2v) is 8.12. The number of hydrogen-bond acceptors (Lipinski definition) is 10. The van der Waals surface area contributed by atoms with Crippen LogP contribution in [0.4, 0.5) is 4.79 Å². The smallest absolute Gasteiger partial charge is 0.409 e. The molecule has 2 heterocycles. The van der Waals surface area contributed by atoms with Gasteiger partial charge in [0.25, 0.3) is 0 Å². The highest BCUT2D eigenvalue weighted by molar-refractivity contribution is 5.98. The van der Waals surface area contributed by atoms with Crippen molar-refractivity contribution in [2.45, 2.75) is 25.6 Å². The lowest BCUT2D eigenvalue weighted by Gasteiger charge is -2.25. The SMILES string of the molecule is CCOC(=O)N(C)CCc1cc2c(c(OC)c1C(O)[C@@H]1OC(=O)c3c1ccc(OC)c3OC)OCO2. The molecule has 0 aliphatic carbocycles. The fourth-order valence-corrected chi connectivity index (χ4v) is 4.44. The Labute approximate surface area is 208 Å². The summed E-state index contributed by atoms with van der Waals surface area (Å²) in [7, 11) is 5.96. The van der Waals surface area contributed by atoms with Crippen molar-refractivity contribution in [2.24, 2.45) is 0 Å². The summed E-state index contributed by atoms with van der Waals surface area (Å²) in [6.45, 7) is 2.26. The van der Waals surface area contributed by atoms with Gasteiger partial charge in [-0.05, 0) is 31.0 Å². The van der Waals surface area contributed by atoms with E-state index in [1.807, 2.05) is 0 Å².